The molecule has 0 unspecified atom stereocenters. The van der Waals surface area contributed by atoms with Crippen molar-refractivity contribution in [3.8, 4) is 11.3 Å². The third-order valence-electron chi connectivity index (χ3n) is 2.71. The molecule has 80 valence electrons. The zero-order valence-corrected chi connectivity index (χ0v) is 9.47. The number of fused-ring (bicyclic) bond motifs is 1. The van der Waals surface area contributed by atoms with Crippen LogP contribution in [0.2, 0.25) is 5.28 Å². The number of aromatic nitrogens is 3. The fourth-order valence-electron chi connectivity index (χ4n) is 2.05. The van der Waals surface area contributed by atoms with Crippen molar-refractivity contribution in [1.29, 1.82) is 0 Å². The van der Waals surface area contributed by atoms with E-state index < -0.39 is 0 Å². The maximum Gasteiger partial charge on any atom is 0.200 e. The van der Waals surface area contributed by atoms with E-state index in [1.807, 2.05) is 19.1 Å². The maximum atomic E-state index is 5.80. The fourth-order valence-corrected chi connectivity index (χ4v) is 2.20. The van der Waals surface area contributed by atoms with Crippen LogP contribution in [0, 0.1) is 6.92 Å². The zero-order chi connectivity index (χ0) is 11.1. The number of nitrogens with one attached hydrogen (secondary N) is 2. The summed E-state index contributed by atoms with van der Waals surface area (Å²) in [4.78, 5) is 10.4. The smallest absolute Gasteiger partial charge is 0.200 e. The molecular weight excluding hydrogens is 222 g/mol. The molecule has 1 aromatic carbocycles. The number of aryl methyl sites for hydroxylation is 1. The topological polar surface area (TPSA) is 44.5 Å². The molecule has 0 bridgehead atoms. The van der Waals surface area contributed by atoms with Crippen molar-refractivity contribution in [2.45, 2.75) is 6.92 Å². The van der Waals surface area contributed by atoms with E-state index in [1.54, 1.807) is 6.20 Å². The number of hydrogen-bond donors (Lipinski definition) is 2. The van der Waals surface area contributed by atoms with Crippen LogP contribution in [-0.2, 0) is 0 Å². The van der Waals surface area contributed by atoms with Crippen molar-refractivity contribution in [1.82, 2.24) is 15.0 Å². The van der Waals surface area contributed by atoms with Gasteiger partial charge in [0.15, 0.2) is 5.28 Å². The quantitative estimate of drug-likeness (QED) is 0.661. The third kappa shape index (κ3) is 1.32. The molecule has 2 heterocycles. The normalized spacial score (nSPS) is 11.1. The summed E-state index contributed by atoms with van der Waals surface area (Å²) < 4.78 is 0. The lowest BCUT2D eigenvalue weighted by atomic mass is 10.1. The SMILES string of the molecule is Cc1[nH]c2ccccc2c1-c1cnc(Cl)[nH]1. The van der Waals surface area contributed by atoms with E-state index in [0.29, 0.717) is 5.28 Å². The molecule has 2 aromatic heterocycles. The Hall–Kier alpha value is -1.74. The Balaban J connectivity index is 2.34. The second kappa shape index (κ2) is 3.39. The van der Waals surface area contributed by atoms with Crippen molar-refractivity contribution in [3.63, 3.8) is 0 Å². The summed E-state index contributed by atoms with van der Waals surface area (Å²) in [5.41, 5.74) is 4.32. The third-order valence-corrected chi connectivity index (χ3v) is 2.90. The standard InChI is InChI=1S/C12H10ClN3/c1-7-11(10-6-14-12(13)16-10)8-4-2-3-5-9(8)15-7/h2-6,15H,1H3,(H,14,16). The van der Waals surface area contributed by atoms with Gasteiger partial charge in [0, 0.05) is 22.2 Å². The molecule has 3 nitrogen and oxygen atoms in total. The Kier molecular flexibility index (Phi) is 2.01. The number of halogens is 1. The predicted molar refractivity (Wildman–Crippen MR) is 65.6 cm³/mol. The van der Waals surface area contributed by atoms with Gasteiger partial charge in [-0.25, -0.2) is 4.98 Å². The van der Waals surface area contributed by atoms with Crippen molar-refractivity contribution >= 4 is 22.5 Å². The summed E-state index contributed by atoms with van der Waals surface area (Å²) in [7, 11) is 0. The molecule has 0 aliphatic carbocycles. The summed E-state index contributed by atoms with van der Waals surface area (Å²) in [5.74, 6) is 0. The minimum Gasteiger partial charge on any atom is -0.358 e. The molecule has 0 amide bonds. The highest BCUT2D eigenvalue weighted by Gasteiger charge is 2.11. The van der Waals surface area contributed by atoms with Crippen LogP contribution in [0.5, 0.6) is 0 Å². The van der Waals surface area contributed by atoms with Crippen LogP contribution in [-0.4, -0.2) is 15.0 Å². The van der Waals surface area contributed by atoms with Crippen LogP contribution < -0.4 is 0 Å². The van der Waals surface area contributed by atoms with Gasteiger partial charge in [0.05, 0.1) is 11.9 Å². The first-order chi connectivity index (χ1) is 7.75. The summed E-state index contributed by atoms with van der Waals surface area (Å²) >= 11 is 5.80. The van der Waals surface area contributed by atoms with E-state index in [9.17, 15) is 0 Å². The lowest BCUT2D eigenvalue weighted by Crippen LogP contribution is -1.78. The Morgan fingerprint density at radius 2 is 2.00 bits per heavy atom. The van der Waals surface area contributed by atoms with Gasteiger partial charge in [0.2, 0.25) is 0 Å². The second-order valence-electron chi connectivity index (χ2n) is 3.76. The van der Waals surface area contributed by atoms with Crippen LogP contribution in [0.4, 0.5) is 0 Å². The van der Waals surface area contributed by atoms with Crippen LogP contribution in [0.3, 0.4) is 0 Å². The molecule has 3 aromatic rings. The van der Waals surface area contributed by atoms with Gasteiger partial charge < -0.3 is 9.97 Å². The Morgan fingerprint density at radius 1 is 1.19 bits per heavy atom. The van der Waals surface area contributed by atoms with Crippen LogP contribution >= 0.6 is 11.6 Å². The number of para-hydroxylation sites is 1. The molecule has 0 aliphatic rings. The van der Waals surface area contributed by atoms with Gasteiger partial charge >= 0.3 is 0 Å². The summed E-state index contributed by atoms with van der Waals surface area (Å²) in [5, 5.41) is 1.60. The average molecular weight is 232 g/mol. The minimum atomic E-state index is 0.416. The van der Waals surface area contributed by atoms with Gasteiger partial charge in [-0.1, -0.05) is 18.2 Å². The van der Waals surface area contributed by atoms with Crippen molar-refractivity contribution in [2.75, 3.05) is 0 Å². The Bertz CT molecular complexity index is 651. The molecule has 4 heteroatoms. The van der Waals surface area contributed by atoms with E-state index in [1.165, 1.54) is 5.39 Å². The average Bonchev–Trinajstić information content (AvgIpc) is 2.80. The molecule has 0 atom stereocenters. The number of H-pyrrole nitrogens is 2. The molecule has 0 saturated heterocycles. The van der Waals surface area contributed by atoms with E-state index in [4.69, 9.17) is 11.6 Å². The summed E-state index contributed by atoms with van der Waals surface area (Å²) in [6.07, 6.45) is 1.75. The first kappa shape index (κ1) is 9.48. The van der Waals surface area contributed by atoms with Crippen molar-refractivity contribution in [2.24, 2.45) is 0 Å². The summed E-state index contributed by atoms with van der Waals surface area (Å²) in [6.45, 7) is 2.05. The molecule has 2 N–H and O–H groups in total. The first-order valence-electron chi connectivity index (χ1n) is 5.04. The number of imidazole rings is 1. The molecule has 0 aliphatic heterocycles. The van der Waals surface area contributed by atoms with Crippen LogP contribution in [0.1, 0.15) is 5.69 Å². The first-order valence-corrected chi connectivity index (χ1v) is 5.41. The molecule has 3 rings (SSSR count). The van der Waals surface area contributed by atoms with E-state index in [2.05, 4.69) is 27.1 Å². The summed E-state index contributed by atoms with van der Waals surface area (Å²) in [6, 6.07) is 8.19. The highest BCUT2D eigenvalue weighted by atomic mass is 35.5. The molecule has 0 fully saturated rings. The molecule has 0 saturated carbocycles. The van der Waals surface area contributed by atoms with E-state index in [-0.39, 0.29) is 0 Å². The number of nitrogens with zero attached hydrogens (tertiary/aromatic N) is 1. The Morgan fingerprint density at radius 3 is 2.75 bits per heavy atom. The minimum absolute atomic E-state index is 0.416. The highest BCUT2D eigenvalue weighted by Crippen LogP contribution is 2.31. The van der Waals surface area contributed by atoms with Gasteiger partial charge in [-0.15, -0.1) is 0 Å². The van der Waals surface area contributed by atoms with Gasteiger partial charge in [0.25, 0.3) is 0 Å². The maximum absolute atomic E-state index is 5.80. The van der Waals surface area contributed by atoms with E-state index >= 15 is 0 Å². The highest BCUT2D eigenvalue weighted by molar-refractivity contribution is 6.28. The van der Waals surface area contributed by atoms with Crippen LogP contribution in [0.15, 0.2) is 30.5 Å². The van der Waals surface area contributed by atoms with Gasteiger partial charge in [0.1, 0.15) is 0 Å². The number of hydrogen-bond acceptors (Lipinski definition) is 1. The lowest BCUT2D eigenvalue weighted by molar-refractivity contribution is 1.28. The fraction of sp³-hybridized carbons (Fsp3) is 0.0833. The predicted octanol–water partition coefficient (Wildman–Crippen LogP) is 3.52. The second-order valence-corrected chi connectivity index (χ2v) is 4.12. The largest absolute Gasteiger partial charge is 0.358 e. The Labute approximate surface area is 97.5 Å². The van der Waals surface area contributed by atoms with Gasteiger partial charge in [-0.05, 0) is 24.6 Å². The van der Waals surface area contributed by atoms with Crippen molar-refractivity contribution in [3.05, 3.63) is 41.4 Å². The molecule has 16 heavy (non-hydrogen) atoms. The lowest BCUT2D eigenvalue weighted by Gasteiger charge is -1.96. The molecular formula is C12H10ClN3. The van der Waals surface area contributed by atoms with Gasteiger partial charge in [-0.3, -0.25) is 0 Å². The van der Waals surface area contributed by atoms with E-state index in [0.717, 1.165) is 22.5 Å². The number of benzene rings is 1. The number of aromatic amines is 2. The monoisotopic (exact) mass is 231 g/mol. The van der Waals surface area contributed by atoms with Crippen LogP contribution in [0.25, 0.3) is 22.2 Å². The van der Waals surface area contributed by atoms with Gasteiger partial charge in [-0.2, -0.15) is 0 Å². The zero-order valence-electron chi connectivity index (χ0n) is 8.71. The molecule has 0 radical (unpaired) electrons. The van der Waals surface area contributed by atoms with Crippen molar-refractivity contribution < 1.29 is 0 Å². The number of rotatable bonds is 1. The molecule has 0 spiro atoms.